The summed E-state index contributed by atoms with van der Waals surface area (Å²) in [6, 6.07) is 10.6. The van der Waals surface area contributed by atoms with Gasteiger partial charge in [-0.1, -0.05) is 11.6 Å². The summed E-state index contributed by atoms with van der Waals surface area (Å²) in [5, 5.41) is 0.358. The minimum absolute atomic E-state index is 0.271. The van der Waals surface area contributed by atoms with Crippen molar-refractivity contribution in [1.82, 2.24) is 0 Å². The maximum Gasteiger partial charge on any atom is 0.259 e. The summed E-state index contributed by atoms with van der Waals surface area (Å²) < 4.78 is 12.9. The maximum absolute atomic E-state index is 12.9. The van der Waals surface area contributed by atoms with Crippen LogP contribution in [0.5, 0.6) is 0 Å². The average molecular weight is 296 g/mol. The van der Waals surface area contributed by atoms with Crippen LogP contribution in [-0.2, 0) is 0 Å². The Morgan fingerprint density at radius 3 is 2.47 bits per heavy atom. The van der Waals surface area contributed by atoms with Gasteiger partial charge in [0.2, 0.25) is 0 Å². The summed E-state index contributed by atoms with van der Waals surface area (Å²) in [6.45, 7) is 0. The summed E-state index contributed by atoms with van der Waals surface area (Å²) in [5.41, 5.74) is 0.952. The first-order valence-corrected chi connectivity index (χ1v) is 6.33. The number of hydrogen-bond donors (Lipinski definition) is 1. The van der Waals surface area contributed by atoms with Gasteiger partial charge in [-0.2, -0.15) is 0 Å². The summed E-state index contributed by atoms with van der Waals surface area (Å²) in [4.78, 5) is 14.4. The lowest BCUT2D eigenvalue weighted by atomic mass is 10.2. The van der Waals surface area contributed by atoms with E-state index in [0.717, 1.165) is 0 Å². The van der Waals surface area contributed by atoms with Crippen molar-refractivity contribution < 1.29 is 9.18 Å². The quantitative estimate of drug-likeness (QED) is 0.829. The van der Waals surface area contributed by atoms with Gasteiger partial charge in [0.25, 0.3) is 5.91 Å². The Balaban J connectivity index is 2.33. The molecule has 2 nitrogen and oxygen atoms in total. The third-order valence-electron chi connectivity index (χ3n) is 2.70. The van der Waals surface area contributed by atoms with Gasteiger partial charge in [-0.3, -0.25) is 4.79 Å². The first-order valence-electron chi connectivity index (χ1n) is 5.51. The zero-order valence-corrected chi connectivity index (χ0v) is 11.8. The number of halogens is 2. The molecule has 1 amide bonds. The van der Waals surface area contributed by atoms with Crippen molar-refractivity contribution in [1.29, 1.82) is 0 Å². The highest BCUT2D eigenvalue weighted by molar-refractivity contribution is 7.80. The number of hydrogen-bond acceptors (Lipinski definition) is 2. The number of thiol groups is 1. The van der Waals surface area contributed by atoms with E-state index in [9.17, 15) is 9.18 Å². The molecule has 0 radical (unpaired) electrons. The van der Waals surface area contributed by atoms with Gasteiger partial charge < -0.3 is 4.90 Å². The van der Waals surface area contributed by atoms with E-state index in [4.69, 9.17) is 11.6 Å². The molecule has 0 saturated carbocycles. The molecule has 0 spiro atoms. The van der Waals surface area contributed by atoms with Crippen molar-refractivity contribution in [2.75, 3.05) is 11.9 Å². The minimum Gasteiger partial charge on any atom is -0.311 e. The van der Waals surface area contributed by atoms with Gasteiger partial charge in [-0.05, 0) is 42.5 Å². The van der Waals surface area contributed by atoms with E-state index in [-0.39, 0.29) is 11.7 Å². The summed E-state index contributed by atoms with van der Waals surface area (Å²) >= 11 is 10.2. The first kappa shape index (κ1) is 13.9. The normalized spacial score (nSPS) is 10.3. The predicted octanol–water partition coefficient (Wildman–Crippen LogP) is 4.04. The van der Waals surface area contributed by atoms with Gasteiger partial charge in [0, 0.05) is 17.6 Å². The van der Waals surface area contributed by atoms with Crippen molar-refractivity contribution in [2.45, 2.75) is 4.90 Å². The molecule has 0 fully saturated rings. The maximum atomic E-state index is 12.9. The van der Waals surface area contributed by atoms with Gasteiger partial charge >= 0.3 is 0 Å². The third-order valence-corrected chi connectivity index (χ3v) is 3.31. The van der Waals surface area contributed by atoms with Gasteiger partial charge in [-0.25, -0.2) is 4.39 Å². The molecule has 2 rings (SSSR count). The van der Waals surface area contributed by atoms with Crippen LogP contribution in [0.3, 0.4) is 0 Å². The smallest absolute Gasteiger partial charge is 0.259 e. The van der Waals surface area contributed by atoms with Crippen molar-refractivity contribution in [3.05, 3.63) is 58.9 Å². The van der Waals surface area contributed by atoms with Crippen LogP contribution >= 0.6 is 24.2 Å². The fraction of sp³-hybridized carbons (Fsp3) is 0.0714. The molecule has 0 N–H and O–H groups in total. The van der Waals surface area contributed by atoms with E-state index >= 15 is 0 Å². The molecule has 19 heavy (non-hydrogen) atoms. The summed E-state index contributed by atoms with van der Waals surface area (Å²) in [7, 11) is 1.61. The minimum atomic E-state index is -0.347. The molecule has 0 aliphatic heterocycles. The van der Waals surface area contributed by atoms with Crippen molar-refractivity contribution >= 4 is 35.8 Å². The van der Waals surface area contributed by atoms with Crippen LogP contribution in [0.1, 0.15) is 10.4 Å². The molecule has 2 aromatic carbocycles. The van der Waals surface area contributed by atoms with Crippen LogP contribution in [0, 0.1) is 5.82 Å². The number of benzene rings is 2. The van der Waals surface area contributed by atoms with Gasteiger partial charge in [0.15, 0.2) is 0 Å². The average Bonchev–Trinajstić information content (AvgIpc) is 2.41. The second-order valence-electron chi connectivity index (χ2n) is 4.00. The predicted molar refractivity (Wildman–Crippen MR) is 77.8 cm³/mol. The Kier molecular flexibility index (Phi) is 4.12. The van der Waals surface area contributed by atoms with Crippen LogP contribution < -0.4 is 4.90 Å². The molecule has 0 aromatic heterocycles. The highest BCUT2D eigenvalue weighted by Gasteiger charge is 2.16. The van der Waals surface area contributed by atoms with Crippen LogP contribution in [0.2, 0.25) is 5.02 Å². The molecule has 0 atom stereocenters. The SMILES string of the molecule is CN(C(=O)c1cc(S)ccc1Cl)c1ccc(F)cc1. The Labute approximate surface area is 121 Å². The van der Waals surface area contributed by atoms with E-state index in [1.165, 1.54) is 29.2 Å². The van der Waals surface area contributed by atoms with Gasteiger partial charge in [-0.15, -0.1) is 12.6 Å². The van der Waals surface area contributed by atoms with E-state index in [0.29, 0.717) is 21.2 Å². The molecule has 0 unspecified atom stereocenters. The van der Waals surface area contributed by atoms with E-state index in [2.05, 4.69) is 12.6 Å². The number of amides is 1. The molecule has 0 aliphatic rings. The topological polar surface area (TPSA) is 20.3 Å². The number of carbonyl (C=O) groups is 1. The lowest BCUT2D eigenvalue weighted by molar-refractivity contribution is 0.0993. The van der Waals surface area contributed by atoms with Gasteiger partial charge in [0.1, 0.15) is 5.82 Å². The Morgan fingerprint density at radius 1 is 1.21 bits per heavy atom. The highest BCUT2D eigenvalue weighted by atomic mass is 35.5. The van der Waals surface area contributed by atoms with Crippen LogP contribution in [0.15, 0.2) is 47.4 Å². The number of rotatable bonds is 2. The zero-order valence-electron chi connectivity index (χ0n) is 10.1. The van der Waals surface area contributed by atoms with Crippen molar-refractivity contribution in [2.24, 2.45) is 0 Å². The second-order valence-corrected chi connectivity index (χ2v) is 4.93. The van der Waals surface area contributed by atoms with Crippen LogP contribution in [0.4, 0.5) is 10.1 Å². The van der Waals surface area contributed by atoms with Crippen molar-refractivity contribution in [3.63, 3.8) is 0 Å². The van der Waals surface area contributed by atoms with Crippen LogP contribution in [-0.4, -0.2) is 13.0 Å². The fourth-order valence-electron chi connectivity index (χ4n) is 1.64. The number of nitrogens with zero attached hydrogens (tertiary/aromatic N) is 1. The van der Waals surface area contributed by atoms with E-state index in [1.807, 2.05) is 0 Å². The molecule has 0 saturated heterocycles. The molecule has 0 heterocycles. The number of anilines is 1. The number of carbonyl (C=O) groups excluding carboxylic acids is 1. The van der Waals surface area contributed by atoms with E-state index in [1.54, 1.807) is 25.2 Å². The first-order chi connectivity index (χ1) is 8.99. The molecule has 0 aliphatic carbocycles. The zero-order chi connectivity index (χ0) is 14.0. The molecule has 5 heteroatoms. The Bertz CT molecular complexity index is 615. The Morgan fingerprint density at radius 2 is 1.84 bits per heavy atom. The largest absolute Gasteiger partial charge is 0.311 e. The molecular weight excluding hydrogens is 285 g/mol. The van der Waals surface area contributed by atoms with Gasteiger partial charge in [0.05, 0.1) is 10.6 Å². The summed E-state index contributed by atoms with van der Waals surface area (Å²) in [6.07, 6.45) is 0. The standard InChI is InChI=1S/C14H11ClFNOS/c1-17(10-4-2-9(16)3-5-10)14(18)12-8-11(19)6-7-13(12)15/h2-8,19H,1H3. The summed E-state index contributed by atoms with van der Waals surface area (Å²) in [5.74, 6) is -0.618. The lowest BCUT2D eigenvalue weighted by Gasteiger charge is -2.18. The van der Waals surface area contributed by atoms with E-state index < -0.39 is 0 Å². The molecule has 98 valence electrons. The van der Waals surface area contributed by atoms with Crippen LogP contribution in [0.25, 0.3) is 0 Å². The molecule has 0 bridgehead atoms. The van der Waals surface area contributed by atoms with Crippen molar-refractivity contribution in [3.8, 4) is 0 Å². The monoisotopic (exact) mass is 295 g/mol. The lowest BCUT2D eigenvalue weighted by Crippen LogP contribution is -2.26. The highest BCUT2D eigenvalue weighted by Crippen LogP contribution is 2.23. The fourth-order valence-corrected chi connectivity index (χ4v) is 2.04. The second kappa shape index (κ2) is 5.63. The Hall–Kier alpha value is -1.52. The molecular formula is C14H11ClFNOS. The third kappa shape index (κ3) is 3.08. The molecule has 2 aromatic rings.